The number of benzene rings is 1. The molecule has 0 saturated heterocycles. The van der Waals surface area contributed by atoms with Crippen LogP contribution in [-0.2, 0) is 0 Å². The van der Waals surface area contributed by atoms with E-state index in [9.17, 15) is 8.78 Å². The lowest BCUT2D eigenvalue weighted by molar-refractivity contribution is 0.529. The van der Waals surface area contributed by atoms with E-state index in [0.717, 1.165) is 12.2 Å². The molecule has 0 aliphatic carbocycles. The molecule has 1 heterocycles. The Balaban J connectivity index is 2.06. The van der Waals surface area contributed by atoms with Crippen LogP contribution in [-0.4, -0.2) is 17.0 Å². The van der Waals surface area contributed by atoms with Crippen molar-refractivity contribution >= 4 is 22.6 Å². The highest BCUT2D eigenvalue weighted by atomic mass is 32.2. The molecule has 1 aliphatic rings. The topological polar surface area (TPSA) is 24.4 Å². The lowest BCUT2D eigenvalue weighted by atomic mass is 10.1. The fourth-order valence-electron chi connectivity index (χ4n) is 1.87. The Labute approximate surface area is 110 Å². The average molecular weight is 270 g/mol. The van der Waals surface area contributed by atoms with Gasteiger partial charge in [-0.25, -0.2) is 8.78 Å². The zero-order valence-corrected chi connectivity index (χ0v) is 11.2. The third-order valence-electron chi connectivity index (χ3n) is 2.65. The average Bonchev–Trinajstić information content (AvgIpc) is 2.70. The number of nitrogens with zero attached hydrogens (tertiary/aromatic N) is 1. The van der Waals surface area contributed by atoms with Gasteiger partial charge in [0.1, 0.15) is 17.3 Å². The van der Waals surface area contributed by atoms with Crippen LogP contribution in [0, 0.1) is 17.6 Å². The minimum absolute atomic E-state index is 0.117. The highest BCUT2D eigenvalue weighted by Gasteiger charge is 2.21. The van der Waals surface area contributed by atoms with Gasteiger partial charge in [0, 0.05) is 5.75 Å². The van der Waals surface area contributed by atoms with Crippen molar-refractivity contribution in [3.05, 3.63) is 29.8 Å². The number of hydrogen-bond acceptors (Lipinski definition) is 3. The largest absolute Gasteiger partial charge is 0.330 e. The van der Waals surface area contributed by atoms with Crippen molar-refractivity contribution in [1.29, 1.82) is 0 Å². The zero-order valence-electron chi connectivity index (χ0n) is 10.4. The van der Waals surface area contributed by atoms with Gasteiger partial charge in [-0.15, -0.1) is 0 Å². The summed E-state index contributed by atoms with van der Waals surface area (Å²) in [6, 6.07) is 4.06. The molecular weight excluding hydrogens is 254 g/mol. The van der Waals surface area contributed by atoms with E-state index >= 15 is 0 Å². The summed E-state index contributed by atoms with van der Waals surface area (Å²) in [5, 5.41) is 3.35. The van der Waals surface area contributed by atoms with Gasteiger partial charge >= 0.3 is 0 Å². The summed E-state index contributed by atoms with van der Waals surface area (Å²) in [7, 11) is 0. The maximum atomic E-state index is 13.4. The molecule has 18 heavy (non-hydrogen) atoms. The summed E-state index contributed by atoms with van der Waals surface area (Å²) in [6.07, 6.45) is 0.998. The molecule has 1 unspecified atom stereocenters. The van der Waals surface area contributed by atoms with Gasteiger partial charge in [-0.1, -0.05) is 31.7 Å². The lowest BCUT2D eigenvalue weighted by Gasteiger charge is -2.08. The van der Waals surface area contributed by atoms with Crippen molar-refractivity contribution in [2.45, 2.75) is 26.3 Å². The molecule has 0 aromatic heterocycles. The van der Waals surface area contributed by atoms with Crippen molar-refractivity contribution in [3.63, 3.8) is 0 Å². The predicted molar refractivity (Wildman–Crippen MR) is 73.1 cm³/mol. The van der Waals surface area contributed by atoms with E-state index in [1.54, 1.807) is 0 Å². The number of aliphatic imine (C=N–C) groups is 1. The summed E-state index contributed by atoms with van der Waals surface area (Å²) in [5.74, 6) is 0.261. The number of rotatable bonds is 3. The smallest absolute Gasteiger partial charge is 0.161 e. The number of hydrogen-bond donors (Lipinski definition) is 1. The standard InChI is InChI=1S/C13H16F2N2S/c1-8(2)6-9-7-18-13(16-9)17-12-10(14)4-3-5-11(12)15/h3-5,8-9H,6-7H2,1-2H3,(H,16,17). The summed E-state index contributed by atoms with van der Waals surface area (Å²) < 4.78 is 26.9. The van der Waals surface area contributed by atoms with Crippen LogP contribution in [0.2, 0.25) is 0 Å². The molecule has 0 spiro atoms. The molecular formula is C13H16F2N2S. The second-order valence-electron chi connectivity index (χ2n) is 4.75. The van der Waals surface area contributed by atoms with Crippen LogP contribution in [0.3, 0.4) is 0 Å². The lowest BCUT2D eigenvalue weighted by Crippen LogP contribution is -2.09. The first-order valence-corrected chi connectivity index (χ1v) is 6.96. The van der Waals surface area contributed by atoms with Crippen molar-refractivity contribution in [3.8, 4) is 0 Å². The van der Waals surface area contributed by atoms with Crippen molar-refractivity contribution in [2.75, 3.05) is 11.1 Å². The molecule has 5 heteroatoms. The van der Waals surface area contributed by atoms with Crippen molar-refractivity contribution in [1.82, 2.24) is 0 Å². The maximum absolute atomic E-state index is 13.4. The highest BCUT2D eigenvalue weighted by molar-refractivity contribution is 8.14. The Bertz CT molecular complexity index is 440. The fourth-order valence-corrected chi connectivity index (χ4v) is 2.83. The van der Waals surface area contributed by atoms with Crippen LogP contribution in [0.1, 0.15) is 20.3 Å². The van der Waals surface area contributed by atoms with Crippen molar-refractivity contribution in [2.24, 2.45) is 10.9 Å². The molecule has 1 atom stereocenters. The first-order chi connectivity index (χ1) is 8.56. The highest BCUT2D eigenvalue weighted by Crippen LogP contribution is 2.26. The van der Waals surface area contributed by atoms with Gasteiger partial charge in [-0.2, -0.15) is 0 Å². The van der Waals surface area contributed by atoms with Crippen LogP contribution in [0.25, 0.3) is 0 Å². The van der Waals surface area contributed by atoms with E-state index in [4.69, 9.17) is 0 Å². The molecule has 1 N–H and O–H groups in total. The van der Waals surface area contributed by atoms with Gasteiger partial charge < -0.3 is 5.32 Å². The van der Waals surface area contributed by atoms with Crippen LogP contribution >= 0.6 is 11.8 Å². The molecule has 0 saturated carbocycles. The van der Waals surface area contributed by atoms with Gasteiger partial charge in [-0.3, -0.25) is 4.99 Å². The molecule has 2 rings (SSSR count). The minimum atomic E-state index is -0.592. The maximum Gasteiger partial charge on any atom is 0.161 e. The summed E-state index contributed by atoms with van der Waals surface area (Å²) >= 11 is 1.51. The molecule has 98 valence electrons. The van der Waals surface area contributed by atoms with Gasteiger partial charge in [0.25, 0.3) is 0 Å². The predicted octanol–water partition coefficient (Wildman–Crippen LogP) is 3.89. The van der Waals surface area contributed by atoms with Crippen molar-refractivity contribution < 1.29 is 8.78 Å². The summed E-state index contributed by atoms with van der Waals surface area (Å²) in [6.45, 7) is 4.28. The Morgan fingerprint density at radius 3 is 2.67 bits per heavy atom. The third-order valence-corrected chi connectivity index (χ3v) is 3.68. The molecule has 2 nitrogen and oxygen atoms in total. The van der Waals surface area contributed by atoms with Crippen LogP contribution in [0.15, 0.2) is 23.2 Å². The number of para-hydroxylation sites is 1. The molecule has 0 amide bonds. The summed E-state index contributed by atoms with van der Waals surface area (Å²) in [4.78, 5) is 4.44. The molecule has 1 aliphatic heterocycles. The Morgan fingerprint density at radius 1 is 1.39 bits per heavy atom. The third kappa shape index (κ3) is 3.22. The molecule has 0 radical (unpaired) electrons. The normalized spacial score (nSPS) is 19.2. The number of nitrogens with one attached hydrogen (secondary N) is 1. The Hall–Kier alpha value is -1.10. The van der Waals surface area contributed by atoms with Crippen LogP contribution < -0.4 is 5.32 Å². The van der Waals surface area contributed by atoms with Crippen LogP contribution in [0.5, 0.6) is 0 Å². The first-order valence-electron chi connectivity index (χ1n) is 5.98. The molecule has 1 aromatic carbocycles. The van der Waals surface area contributed by atoms with E-state index in [1.165, 1.54) is 30.0 Å². The zero-order chi connectivity index (χ0) is 13.1. The van der Waals surface area contributed by atoms with E-state index < -0.39 is 11.6 Å². The van der Waals surface area contributed by atoms with E-state index in [1.807, 2.05) is 0 Å². The minimum Gasteiger partial charge on any atom is -0.330 e. The number of halogens is 2. The van der Waals surface area contributed by atoms with Crippen LogP contribution in [0.4, 0.5) is 14.5 Å². The molecule has 1 aromatic rings. The van der Waals surface area contributed by atoms with Gasteiger partial charge in [0.15, 0.2) is 5.17 Å². The van der Waals surface area contributed by atoms with Gasteiger partial charge in [0.2, 0.25) is 0 Å². The fraction of sp³-hybridized carbons (Fsp3) is 0.462. The van der Waals surface area contributed by atoms with E-state index in [-0.39, 0.29) is 11.7 Å². The number of amidine groups is 1. The SMILES string of the molecule is CC(C)CC1CSC(Nc2c(F)cccc2F)=N1. The second kappa shape index (κ2) is 5.69. The van der Waals surface area contributed by atoms with Gasteiger partial charge in [0.05, 0.1) is 6.04 Å². The number of anilines is 1. The monoisotopic (exact) mass is 270 g/mol. The Morgan fingerprint density at radius 2 is 2.06 bits per heavy atom. The summed E-state index contributed by atoms with van der Waals surface area (Å²) in [5.41, 5.74) is -0.117. The van der Waals surface area contributed by atoms with Gasteiger partial charge in [-0.05, 0) is 24.5 Å². The second-order valence-corrected chi connectivity index (χ2v) is 5.76. The molecule has 0 bridgehead atoms. The first kappa shape index (κ1) is 13.3. The quantitative estimate of drug-likeness (QED) is 0.901. The molecule has 0 fully saturated rings. The number of thioether (sulfide) groups is 1. The Kier molecular flexibility index (Phi) is 4.22. The van der Waals surface area contributed by atoms with E-state index in [0.29, 0.717) is 11.1 Å². The van der Waals surface area contributed by atoms with E-state index in [2.05, 4.69) is 24.2 Å².